The molecule has 0 aliphatic carbocycles. The van der Waals surface area contributed by atoms with E-state index in [1.54, 1.807) is 12.1 Å². The van der Waals surface area contributed by atoms with E-state index in [0.717, 1.165) is 29.7 Å². The van der Waals surface area contributed by atoms with E-state index in [2.05, 4.69) is 4.89 Å². The molecule has 41 heavy (non-hydrogen) atoms. The molecule has 0 amide bonds. The van der Waals surface area contributed by atoms with Crippen LogP contribution in [0.25, 0.3) is 11.1 Å². The Balaban J connectivity index is 2.05. The van der Waals surface area contributed by atoms with E-state index in [4.69, 9.17) is 4.89 Å². The second-order valence-corrected chi connectivity index (χ2v) is 10.1. The SMILES string of the molecule is CCC(CC)(c1ccc(-c2ccc(CCOOC)c(F)c2)c(C)c1)c1ccc(C(O)(C(F)(F)F)C(F)(F)F)c(C)c1. The summed E-state index contributed by atoms with van der Waals surface area (Å²) in [6, 6.07) is 13.7. The molecule has 3 aromatic carbocycles. The van der Waals surface area contributed by atoms with Crippen molar-refractivity contribution >= 4 is 0 Å². The number of alkyl halides is 6. The average molecular weight is 587 g/mol. The summed E-state index contributed by atoms with van der Waals surface area (Å²) in [6.45, 7) is 6.96. The third-order valence-corrected chi connectivity index (χ3v) is 7.91. The molecule has 224 valence electrons. The monoisotopic (exact) mass is 586 g/mol. The molecule has 0 unspecified atom stereocenters. The lowest BCUT2D eigenvalue weighted by Gasteiger charge is -2.37. The summed E-state index contributed by atoms with van der Waals surface area (Å²) < 4.78 is 95.9. The van der Waals surface area contributed by atoms with Crippen LogP contribution in [-0.4, -0.2) is 31.2 Å². The van der Waals surface area contributed by atoms with Crippen LogP contribution in [0.3, 0.4) is 0 Å². The van der Waals surface area contributed by atoms with Gasteiger partial charge < -0.3 is 5.11 Å². The van der Waals surface area contributed by atoms with E-state index in [9.17, 15) is 35.8 Å². The minimum absolute atomic E-state index is 0.197. The van der Waals surface area contributed by atoms with Crippen molar-refractivity contribution < 1.29 is 45.6 Å². The number of benzene rings is 3. The van der Waals surface area contributed by atoms with Crippen molar-refractivity contribution in [1.82, 2.24) is 0 Å². The number of rotatable bonds is 10. The first-order valence-corrected chi connectivity index (χ1v) is 13.1. The largest absolute Gasteiger partial charge is 0.430 e. The number of hydrogen-bond donors (Lipinski definition) is 1. The molecule has 0 aliphatic heterocycles. The lowest BCUT2D eigenvalue weighted by Crippen LogP contribution is -2.54. The first kappa shape index (κ1) is 32.6. The van der Waals surface area contributed by atoms with E-state index in [1.807, 2.05) is 39.0 Å². The minimum Gasteiger partial charge on any atom is -0.369 e. The van der Waals surface area contributed by atoms with Crippen molar-refractivity contribution in [2.24, 2.45) is 0 Å². The molecule has 3 aromatic rings. The molecule has 0 bridgehead atoms. The third-order valence-electron chi connectivity index (χ3n) is 7.91. The summed E-state index contributed by atoms with van der Waals surface area (Å²) >= 11 is 0. The molecule has 0 fully saturated rings. The lowest BCUT2D eigenvalue weighted by molar-refractivity contribution is -0.376. The summed E-state index contributed by atoms with van der Waals surface area (Å²) in [5.41, 5.74) is -3.26. The lowest BCUT2D eigenvalue weighted by atomic mass is 9.69. The predicted octanol–water partition coefficient (Wildman–Crippen LogP) is 8.65. The topological polar surface area (TPSA) is 38.7 Å². The first-order valence-electron chi connectivity index (χ1n) is 13.1. The zero-order valence-electron chi connectivity index (χ0n) is 23.4. The van der Waals surface area contributed by atoms with Crippen molar-refractivity contribution in [2.45, 2.75) is 70.3 Å². The van der Waals surface area contributed by atoms with Crippen LogP contribution in [0.4, 0.5) is 30.7 Å². The van der Waals surface area contributed by atoms with E-state index in [1.165, 1.54) is 25.3 Å². The summed E-state index contributed by atoms with van der Waals surface area (Å²) in [5, 5.41) is 9.94. The maximum Gasteiger partial charge on any atom is 0.430 e. The maximum absolute atomic E-state index is 14.7. The third kappa shape index (κ3) is 6.01. The Bertz CT molecular complexity index is 1340. The Hall–Kier alpha value is -2.95. The van der Waals surface area contributed by atoms with Gasteiger partial charge in [0.25, 0.3) is 5.60 Å². The van der Waals surface area contributed by atoms with Crippen molar-refractivity contribution in [3.63, 3.8) is 0 Å². The van der Waals surface area contributed by atoms with E-state index in [0.29, 0.717) is 36.0 Å². The Labute approximate surface area is 234 Å². The van der Waals surface area contributed by atoms with Gasteiger partial charge in [-0.2, -0.15) is 26.3 Å². The van der Waals surface area contributed by atoms with Gasteiger partial charge in [0.1, 0.15) is 5.82 Å². The molecular weight excluding hydrogens is 553 g/mol. The van der Waals surface area contributed by atoms with Gasteiger partial charge in [0, 0.05) is 17.4 Å². The number of halogens is 7. The fourth-order valence-corrected chi connectivity index (χ4v) is 5.50. The van der Waals surface area contributed by atoms with Crippen LogP contribution >= 0.6 is 0 Å². The molecule has 0 aliphatic rings. The Morgan fingerprint density at radius 3 is 1.78 bits per heavy atom. The molecule has 0 saturated carbocycles. The molecule has 0 spiro atoms. The minimum atomic E-state index is -5.97. The van der Waals surface area contributed by atoms with Crippen molar-refractivity contribution in [3.05, 3.63) is 93.8 Å². The van der Waals surface area contributed by atoms with Crippen molar-refractivity contribution in [2.75, 3.05) is 13.7 Å². The molecule has 3 nitrogen and oxygen atoms in total. The predicted molar refractivity (Wildman–Crippen MR) is 142 cm³/mol. The summed E-state index contributed by atoms with van der Waals surface area (Å²) in [5.74, 6) is -0.393. The van der Waals surface area contributed by atoms with Crippen molar-refractivity contribution in [3.8, 4) is 11.1 Å². The molecule has 10 heteroatoms. The summed E-state index contributed by atoms with van der Waals surface area (Å²) in [7, 11) is 1.37. The van der Waals surface area contributed by atoms with E-state index in [-0.39, 0.29) is 12.2 Å². The van der Waals surface area contributed by atoms with Gasteiger partial charge in [-0.1, -0.05) is 62.4 Å². The Morgan fingerprint density at radius 2 is 1.32 bits per heavy atom. The van der Waals surface area contributed by atoms with Gasteiger partial charge in [-0.15, -0.1) is 0 Å². The fraction of sp³-hybridized carbons (Fsp3) is 0.419. The van der Waals surface area contributed by atoms with Gasteiger partial charge in [0.15, 0.2) is 0 Å². The van der Waals surface area contributed by atoms with Crippen LogP contribution in [-0.2, 0) is 27.2 Å². The molecule has 0 radical (unpaired) electrons. The van der Waals surface area contributed by atoms with Crippen LogP contribution in [0.1, 0.15) is 60.1 Å². The first-order chi connectivity index (χ1) is 19.1. The number of aryl methyl sites for hydroxylation is 2. The smallest absolute Gasteiger partial charge is 0.369 e. The van der Waals surface area contributed by atoms with E-state index >= 15 is 0 Å². The molecule has 0 atom stereocenters. The fourth-order valence-electron chi connectivity index (χ4n) is 5.50. The highest BCUT2D eigenvalue weighted by Crippen LogP contribution is 2.51. The highest BCUT2D eigenvalue weighted by Gasteiger charge is 2.71. The highest BCUT2D eigenvalue weighted by atomic mass is 19.4. The quantitative estimate of drug-likeness (QED) is 0.112. The van der Waals surface area contributed by atoms with Crippen LogP contribution in [0.5, 0.6) is 0 Å². The molecule has 3 rings (SSSR count). The molecule has 0 aromatic heterocycles. The number of aliphatic hydroxyl groups is 1. The standard InChI is InChI=1S/C31H33F7O3/c1-6-28(7-2,24-11-13-26(20(4)17-24)29(39,30(33,34)35)31(36,37)38)23-10-12-25(19(3)16-23)22-9-8-21(27(32)18-22)14-15-41-40-5/h8-13,16-18,39H,6-7,14-15H2,1-5H3. The van der Waals surface area contributed by atoms with E-state index < -0.39 is 34.7 Å². The molecule has 0 saturated heterocycles. The number of hydrogen-bond acceptors (Lipinski definition) is 3. The summed E-state index contributed by atoms with van der Waals surface area (Å²) in [6.07, 6.45) is -10.6. The van der Waals surface area contributed by atoms with Crippen LogP contribution in [0.15, 0.2) is 54.6 Å². The van der Waals surface area contributed by atoms with Gasteiger partial charge in [0.2, 0.25) is 0 Å². The van der Waals surface area contributed by atoms with Gasteiger partial charge in [-0.05, 0) is 71.7 Å². The van der Waals surface area contributed by atoms with Gasteiger partial charge in [0.05, 0.1) is 13.7 Å². The zero-order valence-corrected chi connectivity index (χ0v) is 23.4. The van der Waals surface area contributed by atoms with Crippen LogP contribution in [0.2, 0.25) is 0 Å². The molecular formula is C31H33F7O3. The highest BCUT2D eigenvalue weighted by molar-refractivity contribution is 5.68. The Kier molecular flexibility index (Phi) is 9.62. The van der Waals surface area contributed by atoms with Crippen LogP contribution < -0.4 is 0 Å². The summed E-state index contributed by atoms with van der Waals surface area (Å²) in [4.78, 5) is 9.34. The Morgan fingerprint density at radius 1 is 0.756 bits per heavy atom. The van der Waals surface area contributed by atoms with Crippen molar-refractivity contribution in [1.29, 1.82) is 0 Å². The molecule has 0 heterocycles. The average Bonchev–Trinajstić information content (AvgIpc) is 2.89. The zero-order chi connectivity index (χ0) is 30.8. The normalized spacial score (nSPS) is 13.1. The van der Waals surface area contributed by atoms with Gasteiger partial charge >= 0.3 is 12.4 Å². The second kappa shape index (κ2) is 12.1. The van der Waals surface area contributed by atoms with Gasteiger partial charge in [-0.25, -0.2) is 14.2 Å². The molecule has 1 N–H and O–H groups in total. The maximum atomic E-state index is 14.7. The van der Waals surface area contributed by atoms with Gasteiger partial charge in [-0.3, -0.25) is 0 Å². The van der Waals surface area contributed by atoms with Crippen LogP contribution in [0, 0.1) is 19.7 Å². The second-order valence-electron chi connectivity index (χ2n) is 10.1.